The van der Waals surface area contributed by atoms with Crippen LogP contribution in [0.5, 0.6) is 5.75 Å². The molecule has 1 rings (SSSR count). The summed E-state index contributed by atoms with van der Waals surface area (Å²) in [6.07, 6.45) is 0.883. The van der Waals surface area contributed by atoms with Crippen LogP contribution in [0.15, 0.2) is 30.9 Å². The first-order valence-electron chi connectivity index (χ1n) is 6.56. The number of rotatable bonds is 8. The van der Waals surface area contributed by atoms with Crippen molar-refractivity contribution in [1.82, 2.24) is 0 Å². The third-order valence-electron chi connectivity index (χ3n) is 2.85. The van der Waals surface area contributed by atoms with E-state index in [4.69, 9.17) is 14.2 Å². The Hall–Kier alpha value is -2.14. The zero-order chi connectivity index (χ0) is 15.8. The summed E-state index contributed by atoms with van der Waals surface area (Å²) >= 11 is 0. The number of ether oxygens (including phenoxy) is 3. The largest absolute Gasteiger partial charge is 0.496 e. The molecule has 0 radical (unpaired) electrons. The summed E-state index contributed by atoms with van der Waals surface area (Å²) in [5.74, 6) is 0.0208. The van der Waals surface area contributed by atoms with E-state index in [1.807, 2.05) is 0 Å². The molecule has 1 atom stereocenters. The molecule has 5 nitrogen and oxygen atoms in total. The van der Waals surface area contributed by atoms with Gasteiger partial charge in [0.2, 0.25) is 0 Å². The normalized spacial score (nSPS) is 11.6. The van der Waals surface area contributed by atoms with Gasteiger partial charge >= 0.3 is 5.97 Å². The van der Waals surface area contributed by atoms with E-state index in [2.05, 4.69) is 6.58 Å². The van der Waals surface area contributed by atoms with E-state index < -0.39 is 12.1 Å². The lowest BCUT2D eigenvalue weighted by Gasteiger charge is -2.13. The lowest BCUT2D eigenvalue weighted by atomic mass is 10.1. The Morgan fingerprint density at radius 2 is 2.10 bits per heavy atom. The van der Waals surface area contributed by atoms with Gasteiger partial charge in [-0.2, -0.15) is 0 Å². The number of Topliss-reactive ketones (excluding diaryl/α,β-unsaturated/α-hetero) is 1. The Bertz CT molecular complexity index is 521. The van der Waals surface area contributed by atoms with Gasteiger partial charge in [-0.15, -0.1) is 6.58 Å². The second-order valence-corrected chi connectivity index (χ2v) is 4.45. The van der Waals surface area contributed by atoms with Crippen LogP contribution in [-0.4, -0.2) is 31.6 Å². The highest BCUT2D eigenvalue weighted by atomic mass is 16.6. The van der Waals surface area contributed by atoms with E-state index >= 15 is 0 Å². The first-order valence-corrected chi connectivity index (χ1v) is 6.56. The summed E-state index contributed by atoms with van der Waals surface area (Å²) in [4.78, 5) is 23.1. The van der Waals surface area contributed by atoms with Crippen LogP contribution in [0.25, 0.3) is 0 Å². The fraction of sp³-hybridized carbons (Fsp3) is 0.375. The van der Waals surface area contributed by atoms with Crippen LogP contribution in [0.3, 0.4) is 0 Å². The summed E-state index contributed by atoms with van der Waals surface area (Å²) in [5, 5.41) is 0. The Labute approximate surface area is 124 Å². The van der Waals surface area contributed by atoms with E-state index in [1.54, 1.807) is 31.2 Å². The van der Waals surface area contributed by atoms with Gasteiger partial charge in [-0.1, -0.05) is 6.08 Å². The number of methoxy groups -OCH3 is 1. The maximum absolute atomic E-state index is 11.8. The van der Waals surface area contributed by atoms with Crippen molar-refractivity contribution < 1.29 is 23.8 Å². The second kappa shape index (κ2) is 8.21. The molecule has 1 aromatic carbocycles. The fourth-order valence-corrected chi connectivity index (χ4v) is 1.66. The van der Waals surface area contributed by atoms with Crippen LogP contribution in [0, 0.1) is 0 Å². The maximum atomic E-state index is 11.8. The van der Waals surface area contributed by atoms with Crippen molar-refractivity contribution in [2.45, 2.75) is 26.6 Å². The van der Waals surface area contributed by atoms with Crippen LogP contribution >= 0.6 is 0 Å². The zero-order valence-electron chi connectivity index (χ0n) is 12.5. The third-order valence-corrected chi connectivity index (χ3v) is 2.85. The van der Waals surface area contributed by atoms with Crippen molar-refractivity contribution in [2.24, 2.45) is 0 Å². The second-order valence-electron chi connectivity index (χ2n) is 4.45. The van der Waals surface area contributed by atoms with Crippen molar-refractivity contribution in [3.63, 3.8) is 0 Å². The molecule has 0 fully saturated rings. The first-order chi connectivity index (χ1) is 9.99. The van der Waals surface area contributed by atoms with Crippen molar-refractivity contribution in [3.05, 3.63) is 42.0 Å². The summed E-state index contributed by atoms with van der Waals surface area (Å²) < 4.78 is 15.5. The third kappa shape index (κ3) is 5.04. The van der Waals surface area contributed by atoms with Gasteiger partial charge in [0, 0.05) is 11.1 Å². The summed E-state index contributed by atoms with van der Waals surface area (Å²) in [5.41, 5.74) is 1.17. The summed E-state index contributed by atoms with van der Waals surface area (Å²) in [7, 11) is 1.52. The van der Waals surface area contributed by atoms with Crippen molar-refractivity contribution in [2.75, 3.05) is 13.7 Å². The smallest absolute Gasteiger partial charge is 0.335 e. The topological polar surface area (TPSA) is 61.8 Å². The van der Waals surface area contributed by atoms with Crippen molar-refractivity contribution in [1.29, 1.82) is 0 Å². The minimum atomic E-state index is -0.676. The minimum absolute atomic E-state index is 0.0188. The van der Waals surface area contributed by atoms with E-state index in [9.17, 15) is 9.59 Å². The molecule has 0 aliphatic carbocycles. The lowest BCUT2D eigenvalue weighted by Crippen LogP contribution is -2.23. The summed E-state index contributed by atoms with van der Waals surface area (Å²) in [6.45, 7) is 6.89. The number of benzene rings is 1. The van der Waals surface area contributed by atoms with E-state index in [-0.39, 0.29) is 19.0 Å². The van der Waals surface area contributed by atoms with E-state index in [0.717, 1.165) is 0 Å². The van der Waals surface area contributed by atoms with Gasteiger partial charge in [0.25, 0.3) is 0 Å². The molecule has 1 unspecified atom stereocenters. The van der Waals surface area contributed by atoms with Gasteiger partial charge in [0.1, 0.15) is 12.4 Å². The molecule has 0 heterocycles. The molecule has 0 aromatic heterocycles. The predicted molar refractivity (Wildman–Crippen MR) is 78.4 cm³/mol. The standard InChI is InChI=1S/C16H20O5/c1-5-8-20-12(3)16(18)21-10-14-9-13(11(2)17)6-7-15(14)19-4/h5-7,9,12H,1,8,10H2,2-4H3. The highest BCUT2D eigenvalue weighted by Crippen LogP contribution is 2.21. The van der Waals surface area contributed by atoms with E-state index in [1.165, 1.54) is 14.0 Å². The van der Waals surface area contributed by atoms with Gasteiger partial charge < -0.3 is 14.2 Å². The predicted octanol–water partition coefficient (Wildman–Crippen LogP) is 2.53. The molecule has 0 saturated carbocycles. The number of ketones is 1. The van der Waals surface area contributed by atoms with Crippen molar-refractivity contribution in [3.8, 4) is 5.75 Å². The zero-order valence-corrected chi connectivity index (χ0v) is 12.5. The number of hydrogen-bond donors (Lipinski definition) is 0. The molecule has 0 amide bonds. The molecular weight excluding hydrogens is 272 g/mol. The molecular formula is C16H20O5. The molecule has 0 N–H and O–H groups in total. The Morgan fingerprint density at radius 1 is 1.38 bits per heavy atom. The van der Waals surface area contributed by atoms with Gasteiger partial charge in [0.15, 0.2) is 11.9 Å². The van der Waals surface area contributed by atoms with Crippen LogP contribution in [-0.2, 0) is 20.9 Å². The number of esters is 1. The van der Waals surface area contributed by atoms with Gasteiger partial charge in [-0.05, 0) is 32.0 Å². The number of carbonyl (C=O) groups is 2. The number of hydrogen-bond acceptors (Lipinski definition) is 5. The molecule has 0 spiro atoms. The maximum Gasteiger partial charge on any atom is 0.335 e. The average molecular weight is 292 g/mol. The van der Waals surface area contributed by atoms with Gasteiger partial charge in [-0.3, -0.25) is 4.79 Å². The van der Waals surface area contributed by atoms with E-state index in [0.29, 0.717) is 16.9 Å². The van der Waals surface area contributed by atoms with Gasteiger partial charge in [0.05, 0.1) is 13.7 Å². The monoisotopic (exact) mass is 292 g/mol. The molecule has 0 saturated heterocycles. The van der Waals surface area contributed by atoms with Gasteiger partial charge in [-0.25, -0.2) is 4.79 Å². The number of carbonyl (C=O) groups excluding carboxylic acids is 2. The van der Waals surface area contributed by atoms with Crippen LogP contribution in [0.1, 0.15) is 29.8 Å². The molecule has 5 heteroatoms. The fourth-order valence-electron chi connectivity index (χ4n) is 1.66. The first kappa shape index (κ1) is 16.9. The molecule has 0 bridgehead atoms. The lowest BCUT2D eigenvalue weighted by molar-refractivity contribution is -0.156. The van der Waals surface area contributed by atoms with Crippen LogP contribution in [0.2, 0.25) is 0 Å². The molecule has 1 aromatic rings. The minimum Gasteiger partial charge on any atom is -0.496 e. The average Bonchev–Trinajstić information content (AvgIpc) is 2.49. The highest BCUT2D eigenvalue weighted by molar-refractivity contribution is 5.94. The van der Waals surface area contributed by atoms with Crippen LogP contribution < -0.4 is 4.74 Å². The highest BCUT2D eigenvalue weighted by Gasteiger charge is 2.16. The Balaban J connectivity index is 2.73. The molecule has 21 heavy (non-hydrogen) atoms. The SMILES string of the molecule is C=CCOC(C)C(=O)OCc1cc(C(C)=O)ccc1OC. The van der Waals surface area contributed by atoms with Crippen LogP contribution in [0.4, 0.5) is 0 Å². The quantitative estimate of drug-likeness (QED) is 0.418. The molecule has 114 valence electrons. The summed E-state index contributed by atoms with van der Waals surface area (Å²) in [6, 6.07) is 5.00. The molecule has 0 aliphatic rings. The van der Waals surface area contributed by atoms with Crippen molar-refractivity contribution >= 4 is 11.8 Å². The molecule has 0 aliphatic heterocycles. The Kier molecular flexibility index (Phi) is 6.62. The Morgan fingerprint density at radius 3 is 2.67 bits per heavy atom.